The minimum Gasteiger partial charge on any atom is -0.351 e. The molecule has 3 heteroatoms. The lowest BCUT2D eigenvalue weighted by Crippen LogP contribution is -2.35. The standard InChI is InChI=1S/C8H17ClO2/c1-5-10-7(11-6-2)8(3,4)9/h7H,5-6H2,1-4H3. The maximum absolute atomic E-state index is 6.01. The summed E-state index contributed by atoms with van der Waals surface area (Å²) in [5.74, 6) is 0. The maximum Gasteiger partial charge on any atom is 0.175 e. The molecule has 0 aliphatic heterocycles. The molecule has 2 nitrogen and oxygen atoms in total. The first-order chi connectivity index (χ1) is 5.02. The molecular formula is C8H17ClO2. The molecule has 0 unspecified atom stereocenters. The fraction of sp³-hybridized carbons (Fsp3) is 1.00. The zero-order chi connectivity index (χ0) is 8.91. The van der Waals surface area contributed by atoms with Crippen LogP contribution in [-0.2, 0) is 9.47 Å². The molecule has 0 aliphatic rings. The largest absolute Gasteiger partial charge is 0.351 e. The highest BCUT2D eigenvalue weighted by atomic mass is 35.5. The zero-order valence-electron chi connectivity index (χ0n) is 7.69. The van der Waals surface area contributed by atoms with E-state index in [1.807, 2.05) is 27.7 Å². The summed E-state index contributed by atoms with van der Waals surface area (Å²) in [7, 11) is 0. The van der Waals surface area contributed by atoms with Crippen LogP contribution in [-0.4, -0.2) is 24.4 Å². The topological polar surface area (TPSA) is 18.5 Å². The summed E-state index contributed by atoms with van der Waals surface area (Å²) in [4.78, 5) is -0.452. The van der Waals surface area contributed by atoms with Crippen LogP contribution in [0.25, 0.3) is 0 Å². The van der Waals surface area contributed by atoms with Gasteiger partial charge in [0.1, 0.15) is 0 Å². The molecule has 0 heterocycles. The Morgan fingerprint density at radius 2 is 1.55 bits per heavy atom. The minimum absolute atomic E-state index is 0.306. The van der Waals surface area contributed by atoms with Gasteiger partial charge in [-0.1, -0.05) is 0 Å². The lowest BCUT2D eigenvalue weighted by atomic mass is 10.2. The first kappa shape index (κ1) is 11.2. The third-order valence-electron chi connectivity index (χ3n) is 1.20. The van der Waals surface area contributed by atoms with Gasteiger partial charge in [0, 0.05) is 13.2 Å². The smallest absolute Gasteiger partial charge is 0.175 e. The Hall–Kier alpha value is 0.210. The van der Waals surface area contributed by atoms with Gasteiger partial charge in [-0.05, 0) is 27.7 Å². The van der Waals surface area contributed by atoms with E-state index in [-0.39, 0.29) is 6.29 Å². The molecule has 0 atom stereocenters. The molecule has 0 amide bonds. The number of hydrogen-bond acceptors (Lipinski definition) is 2. The summed E-state index contributed by atoms with van der Waals surface area (Å²) in [6, 6.07) is 0. The van der Waals surface area contributed by atoms with E-state index in [9.17, 15) is 0 Å². The average molecular weight is 181 g/mol. The van der Waals surface area contributed by atoms with E-state index in [4.69, 9.17) is 21.1 Å². The van der Waals surface area contributed by atoms with Crippen molar-refractivity contribution >= 4 is 11.6 Å². The zero-order valence-corrected chi connectivity index (χ0v) is 8.44. The van der Waals surface area contributed by atoms with Crippen molar-refractivity contribution in [3.05, 3.63) is 0 Å². The quantitative estimate of drug-likeness (QED) is 0.478. The summed E-state index contributed by atoms with van der Waals surface area (Å²) in [6.07, 6.45) is -0.306. The normalized spacial score (nSPS) is 12.5. The van der Waals surface area contributed by atoms with Gasteiger partial charge in [-0.3, -0.25) is 0 Å². The molecule has 0 fully saturated rings. The molecule has 0 spiro atoms. The summed E-state index contributed by atoms with van der Waals surface area (Å²) < 4.78 is 10.6. The first-order valence-electron chi connectivity index (χ1n) is 3.94. The van der Waals surface area contributed by atoms with E-state index in [2.05, 4.69) is 0 Å². The highest BCUT2D eigenvalue weighted by Gasteiger charge is 2.27. The molecule has 0 aromatic rings. The first-order valence-corrected chi connectivity index (χ1v) is 4.32. The van der Waals surface area contributed by atoms with Gasteiger partial charge in [0.2, 0.25) is 0 Å². The van der Waals surface area contributed by atoms with Crippen LogP contribution in [0.2, 0.25) is 0 Å². The molecular weight excluding hydrogens is 164 g/mol. The third kappa shape index (κ3) is 4.62. The van der Waals surface area contributed by atoms with Crippen molar-refractivity contribution in [1.29, 1.82) is 0 Å². The van der Waals surface area contributed by atoms with Crippen molar-refractivity contribution in [2.45, 2.75) is 38.9 Å². The molecule has 68 valence electrons. The van der Waals surface area contributed by atoms with Crippen LogP contribution >= 0.6 is 11.6 Å². The van der Waals surface area contributed by atoms with Crippen LogP contribution in [0.1, 0.15) is 27.7 Å². The minimum atomic E-state index is -0.452. The Morgan fingerprint density at radius 3 is 1.73 bits per heavy atom. The van der Waals surface area contributed by atoms with E-state index in [1.54, 1.807) is 0 Å². The number of rotatable bonds is 5. The van der Waals surface area contributed by atoms with Crippen molar-refractivity contribution < 1.29 is 9.47 Å². The maximum atomic E-state index is 6.01. The van der Waals surface area contributed by atoms with E-state index < -0.39 is 4.87 Å². The molecule has 0 saturated carbocycles. The highest BCUT2D eigenvalue weighted by Crippen LogP contribution is 2.21. The van der Waals surface area contributed by atoms with Crippen molar-refractivity contribution in [3.63, 3.8) is 0 Å². The second-order valence-electron chi connectivity index (χ2n) is 2.81. The third-order valence-corrected chi connectivity index (χ3v) is 1.37. The number of hydrogen-bond donors (Lipinski definition) is 0. The van der Waals surface area contributed by atoms with Gasteiger partial charge < -0.3 is 9.47 Å². The lowest BCUT2D eigenvalue weighted by Gasteiger charge is -2.27. The van der Waals surface area contributed by atoms with E-state index in [1.165, 1.54) is 0 Å². The molecule has 0 aromatic heterocycles. The van der Waals surface area contributed by atoms with Gasteiger partial charge >= 0.3 is 0 Å². The van der Waals surface area contributed by atoms with Crippen LogP contribution in [0, 0.1) is 0 Å². The van der Waals surface area contributed by atoms with Gasteiger partial charge in [0.25, 0.3) is 0 Å². The van der Waals surface area contributed by atoms with Crippen LogP contribution < -0.4 is 0 Å². The van der Waals surface area contributed by atoms with Crippen molar-refractivity contribution in [2.24, 2.45) is 0 Å². The Morgan fingerprint density at radius 1 is 1.18 bits per heavy atom. The number of halogens is 1. The molecule has 0 N–H and O–H groups in total. The van der Waals surface area contributed by atoms with E-state index >= 15 is 0 Å². The Bertz CT molecular complexity index is 92.8. The fourth-order valence-corrected chi connectivity index (χ4v) is 0.873. The lowest BCUT2D eigenvalue weighted by molar-refractivity contribution is -0.152. The Balaban J connectivity index is 3.88. The summed E-state index contributed by atoms with van der Waals surface area (Å²) in [6.45, 7) is 8.86. The van der Waals surface area contributed by atoms with Crippen LogP contribution in [0.15, 0.2) is 0 Å². The van der Waals surface area contributed by atoms with Crippen molar-refractivity contribution in [3.8, 4) is 0 Å². The van der Waals surface area contributed by atoms with Crippen molar-refractivity contribution in [2.75, 3.05) is 13.2 Å². The van der Waals surface area contributed by atoms with Gasteiger partial charge in [0.15, 0.2) is 6.29 Å². The van der Waals surface area contributed by atoms with Crippen LogP contribution in [0.3, 0.4) is 0 Å². The van der Waals surface area contributed by atoms with Crippen LogP contribution in [0.5, 0.6) is 0 Å². The molecule has 0 bridgehead atoms. The predicted octanol–water partition coefficient (Wildman–Crippen LogP) is 2.40. The second kappa shape index (κ2) is 4.96. The van der Waals surface area contributed by atoms with Gasteiger partial charge in [-0.25, -0.2) is 0 Å². The molecule has 0 aliphatic carbocycles. The SMILES string of the molecule is CCOC(OCC)C(C)(C)Cl. The molecule has 11 heavy (non-hydrogen) atoms. The Labute approximate surface area is 73.8 Å². The van der Waals surface area contributed by atoms with Gasteiger partial charge in [0.05, 0.1) is 4.87 Å². The van der Waals surface area contributed by atoms with Crippen molar-refractivity contribution in [1.82, 2.24) is 0 Å². The fourth-order valence-electron chi connectivity index (χ4n) is 0.747. The molecule has 0 saturated heterocycles. The summed E-state index contributed by atoms with van der Waals surface area (Å²) in [5, 5.41) is 0. The number of ether oxygens (including phenoxy) is 2. The van der Waals surface area contributed by atoms with Crippen LogP contribution in [0.4, 0.5) is 0 Å². The van der Waals surface area contributed by atoms with Gasteiger partial charge in [-0.15, -0.1) is 11.6 Å². The monoisotopic (exact) mass is 180 g/mol. The number of alkyl halides is 1. The van der Waals surface area contributed by atoms with Gasteiger partial charge in [-0.2, -0.15) is 0 Å². The molecule has 0 aromatic carbocycles. The Kier molecular flexibility index (Phi) is 5.06. The average Bonchev–Trinajstić information content (AvgIpc) is 1.85. The molecule has 0 rings (SSSR count). The second-order valence-corrected chi connectivity index (χ2v) is 3.78. The summed E-state index contributed by atoms with van der Waals surface area (Å²) in [5.41, 5.74) is 0. The van der Waals surface area contributed by atoms with E-state index in [0.29, 0.717) is 13.2 Å². The molecule has 0 radical (unpaired) electrons. The van der Waals surface area contributed by atoms with E-state index in [0.717, 1.165) is 0 Å². The highest BCUT2D eigenvalue weighted by molar-refractivity contribution is 6.23. The summed E-state index contributed by atoms with van der Waals surface area (Å²) >= 11 is 6.01. The predicted molar refractivity (Wildman–Crippen MR) is 47.0 cm³/mol.